The number of ketones is 1. The van der Waals surface area contributed by atoms with Crippen LogP contribution in [0.3, 0.4) is 0 Å². The maximum absolute atomic E-state index is 13.3. The number of hydrogen-bond donors (Lipinski definition) is 0. The van der Waals surface area contributed by atoms with Gasteiger partial charge in [0.15, 0.2) is 11.3 Å². The zero-order valence-electron chi connectivity index (χ0n) is 17.3. The maximum Gasteiger partial charge on any atom is 0.459 e. The quantitative estimate of drug-likeness (QED) is 0.403. The topological polar surface area (TPSA) is 69.7 Å². The highest BCUT2D eigenvalue weighted by Gasteiger charge is 2.40. The Bertz CT molecular complexity index is 1110. The molecular formula is C24H22O5P+. The highest BCUT2D eigenvalue weighted by atomic mass is 31.1. The Hall–Kier alpha value is -3.30. The fourth-order valence-corrected chi connectivity index (χ4v) is 4.68. The minimum Gasteiger partial charge on any atom is -0.496 e. The van der Waals surface area contributed by atoms with E-state index in [1.165, 1.54) is 14.2 Å². The van der Waals surface area contributed by atoms with Crippen LogP contribution in [0.5, 0.6) is 11.5 Å². The Morgan fingerprint density at radius 2 is 1.27 bits per heavy atom. The van der Waals surface area contributed by atoms with Crippen LogP contribution >= 0.6 is 7.80 Å². The van der Waals surface area contributed by atoms with Crippen molar-refractivity contribution >= 4 is 24.4 Å². The molecule has 3 aromatic rings. The first-order valence-electron chi connectivity index (χ1n) is 9.33. The van der Waals surface area contributed by atoms with Gasteiger partial charge in [-0.05, 0) is 49.2 Å². The van der Waals surface area contributed by atoms with Gasteiger partial charge in [0.1, 0.15) is 11.5 Å². The summed E-state index contributed by atoms with van der Waals surface area (Å²) in [4.78, 5) is 26.5. The Kier molecular flexibility index (Phi) is 6.43. The van der Waals surface area contributed by atoms with Crippen molar-refractivity contribution in [3.05, 3.63) is 88.5 Å². The SMILES string of the molecule is COc1cccc(OC)c1C(=O)[P+](=O)c1ccccc1C(=O)c1c(C)cccc1C. The van der Waals surface area contributed by atoms with E-state index in [1.54, 1.807) is 42.5 Å². The van der Waals surface area contributed by atoms with Crippen LogP contribution < -0.4 is 14.8 Å². The summed E-state index contributed by atoms with van der Waals surface area (Å²) in [6.07, 6.45) is 0. The Balaban J connectivity index is 2.10. The second-order valence-electron chi connectivity index (χ2n) is 6.75. The van der Waals surface area contributed by atoms with Crippen molar-refractivity contribution in [1.29, 1.82) is 0 Å². The van der Waals surface area contributed by atoms with Gasteiger partial charge in [0.05, 0.1) is 19.8 Å². The summed E-state index contributed by atoms with van der Waals surface area (Å²) in [7, 11) is 0.266. The molecule has 0 bridgehead atoms. The lowest BCUT2D eigenvalue weighted by Gasteiger charge is -2.10. The van der Waals surface area contributed by atoms with Gasteiger partial charge in [-0.3, -0.25) is 4.79 Å². The number of carbonyl (C=O) groups excluding carboxylic acids is 2. The van der Waals surface area contributed by atoms with Gasteiger partial charge in [0, 0.05) is 5.56 Å². The smallest absolute Gasteiger partial charge is 0.459 e. The van der Waals surface area contributed by atoms with E-state index in [2.05, 4.69) is 0 Å². The van der Waals surface area contributed by atoms with Crippen LogP contribution in [0.25, 0.3) is 0 Å². The molecule has 0 heterocycles. The van der Waals surface area contributed by atoms with E-state index in [0.717, 1.165) is 11.1 Å². The van der Waals surface area contributed by atoms with Gasteiger partial charge in [0.2, 0.25) is 5.30 Å². The molecule has 0 aromatic heterocycles. The molecule has 0 N–H and O–H groups in total. The van der Waals surface area contributed by atoms with E-state index in [9.17, 15) is 14.2 Å². The van der Waals surface area contributed by atoms with E-state index >= 15 is 0 Å². The number of carbonyl (C=O) groups is 2. The highest BCUT2D eigenvalue weighted by molar-refractivity contribution is 7.71. The summed E-state index contributed by atoms with van der Waals surface area (Å²) < 4.78 is 23.9. The fourth-order valence-electron chi connectivity index (χ4n) is 3.42. The standard InChI is InChI=1S/C24H22O5P/c1-15-9-7-10-16(2)21(15)23(25)17-11-5-6-14-20(17)30(27)24(26)22-18(28-3)12-8-13-19(22)29-4/h5-14H,1-4H3/q+1. The Morgan fingerprint density at radius 3 is 1.83 bits per heavy atom. The van der Waals surface area contributed by atoms with Crippen molar-refractivity contribution in [2.45, 2.75) is 13.8 Å². The highest BCUT2D eigenvalue weighted by Crippen LogP contribution is 2.37. The van der Waals surface area contributed by atoms with Crippen molar-refractivity contribution in [3.8, 4) is 11.5 Å². The molecule has 30 heavy (non-hydrogen) atoms. The summed E-state index contributed by atoms with van der Waals surface area (Å²) in [5, 5.41) is 0.193. The summed E-state index contributed by atoms with van der Waals surface area (Å²) in [5.74, 6) is 0.270. The monoisotopic (exact) mass is 421 g/mol. The van der Waals surface area contributed by atoms with Gasteiger partial charge in [0.25, 0.3) is 0 Å². The van der Waals surface area contributed by atoms with Gasteiger partial charge >= 0.3 is 13.3 Å². The van der Waals surface area contributed by atoms with Crippen LogP contribution in [-0.4, -0.2) is 25.5 Å². The van der Waals surface area contributed by atoms with Crippen LogP contribution in [0, 0.1) is 13.8 Å². The number of hydrogen-bond acceptors (Lipinski definition) is 5. The zero-order valence-corrected chi connectivity index (χ0v) is 18.2. The molecule has 5 nitrogen and oxygen atoms in total. The molecular weight excluding hydrogens is 399 g/mol. The Labute approximate surface area is 176 Å². The average molecular weight is 421 g/mol. The summed E-state index contributed by atoms with van der Waals surface area (Å²) in [6.45, 7) is 3.71. The van der Waals surface area contributed by atoms with Gasteiger partial charge in [-0.15, -0.1) is 0 Å². The van der Waals surface area contributed by atoms with Gasteiger partial charge < -0.3 is 9.47 Å². The number of aryl methyl sites for hydroxylation is 2. The van der Waals surface area contributed by atoms with Crippen LogP contribution in [0.4, 0.5) is 0 Å². The molecule has 0 saturated heterocycles. The Morgan fingerprint density at radius 1 is 0.733 bits per heavy atom. The van der Waals surface area contributed by atoms with E-state index in [1.807, 2.05) is 32.0 Å². The molecule has 0 spiro atoms. The van der Waals surface area contributed by atoms with Crippen LogP contribution in [0.15, 0.2) is 60.7 Å². The third-order valence-corrected chi connectivity index (χ3v) is 6.32. The molecule has 0 aliphatic heterocycles. The van der Waals surface area contributed by atoms with Crippen molar-refractivity contribution in [3.63, 3.8) is 0 Å². The molecule has 6 heteroatoms. The zero-order chi connectivity index (χ0) is 21.8. The number of benzene rings is 3. The number of methoxy groups -OCH3 is 2. The first kappa shape index (κ1) is 21.4. The average Bonchev–Trinajstić information content (AvgIpc) is 2.77. The molecule has 0 amide bonds. The second kappa shape index (κ2) is 9.02. The lowest BCUT2D eigenvalue weighted by Crippen LogP contribution is -2.17. The third-order valence-electron chi connectivity index (χ3n) is 4.90. The van der Waals surface area contributed by atoms with E-state index in [0.29, 0.717) is 5.56 Å². The molecule has 0 radical (unpaired) electrons. The normalized spacial score (nSPS) is 11.0. The first-order valence-corrected chi connectivity index (χ1v) is 10.6. The van der Waals surface area contributed by atoms with Crippen LogP contribution in [0.2, 0.25) is 0 Å². The molecule has 0 fully saturated rings. The third kappa shape index (κ3) is 3.89. The molecule has 0 aliphatic rings. The minimum atomic E-state index is -2.59. The van der Waals surface area contributed by atoms with Crippen molar-refractivity contribution < 1.29 is 23.6 Å². The van der Waals surface area contributed by atoms with E-state index in [-0.39, 0.29) is 33.7 Å². The number of rotatable bonds is 7. The largest absolute Gasteiger partial charge is 0.496 e. The number of ether oxygens (including phenoxy) is 2. The molecule has 1 unspecified atom stereocenters. The van der Waals surface area contributed by atoms with Crippen molar-refractivity contribution in [2.24, 2.45) is 0 Å². The van der Waals surface area contributed by atoms with Crippen LogP contribution in [-0.2, 0) is 4.57 Å². The molecule has 0 saturated carbocycles. The van der Waals surface area contributed by atoms with Gasteiger partial charge in [-0.1, -0.05) is 41.0 Å². The maximum atomic E-state index is 13.3. The molecule has 152 valence electrons. The predicted molar refractivity (Wildman–Crippen MR) is 117 cm³/mol. The summed E-state index contributed by atoms with van der Waals surface area (Å²) >= 11 is 0. The van der Waals surface area contributed by atoms with Gasteiger partial charge in [-0.2, -0.15) is 0 Å². The van der Waals surface area contributed by atoms with Gasteiger partial charge in [-0.25, -0.2) is 4.79 Å². The molecule has 0 aliphatic carbocycles. The first-order chi connectivity index (χ1) is 14.4. The second-order valence-corrected chi connectivity index (χ2v) is 8.23. The summed E-state index contributed by atoms with van der Waals surface area (Å²) in [6, 6.07) is 17.0. The van der Waals surface area contributed by atoms with Crippen molar-refractivity contribution in [1.82, 2.24) is 0 Å². The van der Waals surface area contributed by atoms with Crippen LogP contribution in [0.1, 0.15) is 37.4 Å². The lowest BCUT2D eigenvalue weighted by atomic mass is 9.95. The molecule has 3 rings (SSSR count). The minimum absolute atomic E-state index is 0.0953. The van der Waals surface area contributed by atoms with Crippen molar-refractivity contribution in [2.75, 3.05) is 14.2 Å². The lowest BCUT2D eigenvalue weighted by molar-refractivity contribution is 0.103. The molecule has 3 aromatic carbocycles. The van der Waals surface area contributed by atoms with E-state index < -0.39 is 13.3 Å². The fraction of sp³-hybridized carbons (Fsp3) is 0.167. The predicted octanol–water partition coefficient (Wildman–Crippen LogP) is 4.84. The summed E-state index contributed by atoms with van der Waals surface area (Å²) in [5.41, 5.74) is 1.89. The molecule has 1 atom stereocenters. The van der Waals surface area contributed by atoms with E-state index in [4.69, 9.17) is 9.47 Å².